The summed E-state index contributed by atoms with van der Waals surface area (Å²) in [5.74, 6) is 0.670. The molecule has 0 radical (unpaired) electrons. The van der Waals surface area contributed by atoms with Gasteiger partial charge in [0.25, 0.3) is 0 Å². The molecule has 7 aromatic rings. The van der Waals surface area contributed by atoms with Crippen molar-refractivity contribution >= 4 is 32.3 Å². The second-order valence-corrected chi connectivity index (χ2v) is 9.37. The van der Waals surface area contributed by atoms with E-state index < -0.39 is 0 Å². The monoisotopic (exact) mass is 483 g/mol. The van der Waals surface area contributed by atoms with Crippen LogP contribution in [0.4, 0.5) is 0 Å². The molecule has 3 heteroatoms. The molecular formula is C35H21N3. The third kappa shape index (κ3) is 3.68. The van der Waals surface area contributed by atoms with Gasteiger partial charge in [0.05, 0.1) is 23.0 Å². The Hall–Kier alpha value is -5.33. The molecule has 0 spiro atoms. The molecule has 1 heterocycles. The Balaban J connectivity index is 1.61. The molecular weight excluding hydrogens is 462 g/mol. The Morgan fingerprint density at radius 2 is 1.16 bits per heavy atom. The van der Waals surface area contributed by atoms with Crippen molar-refractivity contribution in [1.82, 2.24) is 9.97 Å². The normalized spacial score (nSPS) is 11.1. The van der Waals surface area contributed by atoms with Gasteiger partial charge in [-0.2, -0.15) is 5.26 Å². The SMILES string of the molecule is N#Cc1ccc(-c2cc(-c3c4ccccc4cc4ccc5ccccc5c34)nc(-c3ccccc3)n2)cc1. The molecule has 0 N–H and O–H groups in total. The molecule has 6 aromatic carbocycles. The quantitative estimate of drug-likeness (QED) is 0.186. The molecule has 1 aromatic heterocycles. The number of benzene rings is 6. The van der Waals surface area contributed by atoms with Crippen LogP contribution in [0.25, 0.3) is 66.2 Å². The van der Waals surface area contributed by atoms with Crippen LogP contribution in [-0.4, -0.2) is 9.97 Å². The molecule has 0 unspecified atom stereocenters. The van der Waals surface area contributed by atoms with Crippen molar-refractivity contribution in [3.8, 4) is 40.0 Å². The van der Waals surface area contributed by atoms with E-state index in [4.69, 9.17) is 9.97 Å². The molecule has 0 amide bonds. The fourth-order valence-electron chi connectivity index (χ4n) is 5.26. The van der Waals surface area contributed by atoms with E-state index in [1.807, 2.05) is 54.6 Å². The van der Waals surface area contributed by atoms with E-state index in [1.54, 1.807) is 0 Å². The van der Waals surface area contributed by atoms with E-state index in [-0.39, 0.29) is 0 Å². The van der Waals surface area contributed by atoms with Gasteiger partial charge in [-0.15, -0.1) is 0 Å². The highest BCUT2D eigenvalue weighted by Gasteiger charge is 2.17. The maximum atomic E-state index is 9.30. The first-order valence-corrected chi connectivity index (χ1v) is 12.6. The first-order chi connectivity index (χ1) is 18.8. The first kappa shape index (κ1) is 21.9. The second-order valence-electron chi connectivity index (χ2n) is 9.37. The van der Waals surface area contributed by atoms with Gasteiger partial charge in [-0.3, -0.25) is 0 Å². The molecule has 7 rings (SSSR count). The number of hydrogen-bond donors (Lipinski definition) is 0. The van der Waals surface area contributed by atoms with Crippen LogP contribution in [0.3, 0.4) is 0 Å². The van der Waals surface area contributed by atoms with Crippen molar-refractivity contribution in [2.24, 2.45) is 0 Å². The van der Waals surface area contributed by atoms with Gasteiger partial charge in [-0.05, 0) is 56.6 Å². The predicted molar refractivity (Wildman–Crippen MR) is 156 cm³/mol. The lowest BCUT2D eigenvalue weighted by Crippen LogP contribution is -1.97. The summed E-state index contributed by atoms with van der Waals surface area (Å²) in [7, 11) is 0. The Labute approximate surface area is 220 Å². The van der Waals surface area contributed by atoms with Crippen LogP contribution in [-0.2, 0) is 0 Å². The fraction of sp³-hybridized carbons (Fsp3) is 0. The van der Waals surface area contributed by atoms with Gasteiger partial charge >= 0.3 is 0 Å². The summed E-state index contributed by atoms with van der Waals surface area (Å²) in [6, 6.07) is 45.6. The average molecular weight is 484 g/mol. The van der Waals surface area contributed by atoms with Gasteiger partial charge in [0.15, 0.2) is 5.82 Å². The lowest BCUT2D eigenvalue weighted by Gasteiger charge is -2.16. The van der Waals surface area contributed by atoms with E-state index in [0.29, 0.717) is 11.4 Å². The minimum atomic E-state index is 0.623. The van der Waals surface area contributed by atoms with Crippen molar-refractivity contribution < 1.29 is 0 Å². The lowest BCUT2D eigenvalue weighted by atomic mass is 9.90. The third-order valence-electron chi connectivity index (χ3n) is 7.08. The van der Waals surface area contributed by atoms with Crippen LogP contribution in [0.2, 0.25) is 0 Å². The maximum absolute atomic E-state index is 9.30. The third-order valence-corrected chi connectivity index (χ3v) is 7.08. The molecule has 0 bridgehead atoms. The smallest absolute Gasteiger partial charge is 0.160 e. The Kier molecular flexibility index (Phi) is 5.17. The number of nitrogens with zero attached hydrogens (tertiary/aromatic N) is 3. The van der Waals surface area contributed by atoms with Gasteiger partial charge in [-0.1, -0.05) is 103 Å². The lowest BCUT2D eigenvalue weighted by molar-refractivity contribution is 1.19. The fourth-order valence-corrected chi connectivity index (χ4v) is 5.26. The number of aromatic nitrogens is 2. The van der Waals surface area contributed by atoms with Crippen molar-refractivity contribution in [3.05, 3.63) is 133 Å². The Morgan fingerprint density at radius 1 is 0.500 bits per heavy atom. The van der Waals surface area contributed by atoms with Crippen LogP contribution in [0.1, 0.15) is 5.56 Å². The highest BCUT2D eigenvalue weighted by atomic mass is 14.9. The molecule has 0 saturated heterocycles. The molecule has 38 heavy (non-hydrogen) atoms. The summed E-state index contributed by atoms with van der Waals surface area (Å²) in [5.41, 5.74) is 5.32. The average Bonchev–Trinajstić information content (AvgIpc) is 3.00. The number of fused-ring (bicyclic) bond motifs is 4. The number of hydrogen-bond acceptors (Lipinski definition) is 3. The minimum Gasteiger partial charge on any atom is -0.228 e. The minimum absolute atomic E-state index is 0.623. The summed E-state index contributed by atoms with van der Waals surface area (Å²) >= 11 is 0. The molecule has 0 aliphatic heterocycles. The van der Waals surface area contributed by atoms with Gasteiger partial charge < -0.3 is 0 Å². The number of nitriles is 1. The van der Waals surface area contributed by atoms with Crippen LogP contribution in [0.5, 0.6) is 0 Å². The van der Waals surface area contributed by atoms with Crippen molar-refractivity contribution in [3.63, 3.8) is 0 Å². The summed E-state index contributed by atoms with van der Waals surface area (Å²) < 4.78 is 0. The van der Waals surface area contributed by atoms with Crippen LogP contribution < -0.4 is 0 Å². The zero-order valence-corrected chi connectivity index (χ0v) is 20.5. The second kappa shape index (κ2) is 8.96. The predicted octanol–water partition coefficient (Wildman–Crippen LogP) is 8.81. The molecule has 3 nitrogen and oxygen atoms in total. The van der Waals surface area contributed by atoms with Gasteiger partial charge in [0.1, 0.15) is 0 Å². The molecule has 0 fully saturated rings. The highest BCUT2D eigenvalue weighted by molar-refractivity contribution is 6.21. The largest absolute Gasteiger partial charge is 0.228 e. The van der Waals surface area contributed by atoms with Crippen LogP contribution >= 0.6 is 0 Å². The molecule has 0 aliphatic carbocycles. The Morgan fingerprint density at radius 3 is 1.95 bits per heavy atom. The van der Waals surface area contributed by atoms with E-state index in [0.717, 1.165) is 33.5 Å². The van der Waals surface area contributed by atoms with E-state index in [1.165, 1.54) is 26.9 Å². The van der Waals surface area contributed by atoms with E-state index >= 15 is 0 Å². The van der Waals surface area contributed by atoms with E-state index in [2.05, 4.69) is 78.9 Å². The summed E-state index contributed by atoms with van der Waals surface area (Å²) in [5, 5.41) is 16.4. The highest BCUT2D eigenvalue weighted by Crippen LogP contribution is 2.40. The maximum Gasteiger partial charge on any atom is 0.160 e. The number of rotatable bonds is 3. The van der Waals surface area contributed by atoms with Gasteiger partial charge in [-0.25, -0.2) is 9.97 Å². The summed E-state index contributed by atoms with van der Waals surface area (Å²) in [6.45, 7) is 0. The van der Waals surface area contributed by atoms with Gasteiger partial charge in [0.2, 0.25) is 0 Å². The molecule has 0 atom stereocenters. The topological polar surface area (TPSA) is 49.6 Å². The first-order valence-electron chi connectivity index (χ1n) is 12.6. The summed E-state index contributed by atoms with van der Waals surface area (Å²) in [4.78, 5) is 10.2. The van der Waals surface area contributed by atoms with Gasteiger partial charge in [0, 0.05) is 16.7 Å². The standard InChI is InChI=1S/C35H21N3/c36-22-23-14-16-25(17-15-23)31-21-32(38-35(37-31)26-9-2-1-3-10-26)34-30-13-7-5-11-27(30)20-28-19-18-24-8-4-6-12-29(24)33(28)34/h1-21H. The molecule has 176 valence electrons. The van der Waals surface area contributed by atoms with Crippen LogP contribution in [0, 0.1) is 11.3 Å². The zero-order valence-electron chi connectivity index (χ0n) is 20.5. The zero-order chi connectivity index (χ0) is 25.5. The molecule has 0 saturated carbocycles. The van der Waals surface area contributed by atoms with Crippen LogP contribution in [0.15, 0.2) is 127 Å². The summed E-state index contributed by atoms with van der Waals surface area (Å²) in [6.07, 6.45) is 0. The van der Waals surface area contributed by atoms with Crippen molar-refractivity contribution in [2.45, 2.75) is 0 Å². The molecule has 0 aliphatic rings. The van der Waals surface area contributed by atoms with Crippen molar-refractivity contribution in [2.75, 3.05) is 0 Å². The van der Waals surface area contributed by atoms with E-state index in [9.17, 15) is 5.26 Å². The Bertz CT molecular complexity index is 2020. The van der Waals surface area contributed by atoms with Crippen molar-refractivity contribution in [1.29, 1.82) is 5.26 Å².